The molecule has 1 heterocycles. The van der Waals surface area contributed by atoms with Gasteiger partial charge in [-0.25, -0.2) is 0 Å². The molecule has 2 aromatic rings. The SMILES string of the molecule is CCCNC(c1c(Br)cnn1CC)C1Cc2ccccc21. The molecule has 1 aliphatic rings. The van der Waals surface area contributed by atoms with Gasteiger partial charge in [-0.3, -0.25) is 4.68 Å². The van der Waals surface area contributed by atoms with E-state index in [2.05, 4.69) is 69.1 Å². The molecule has 1 aliphatic carbocycles. The zero-order chi connectivity index (χ0) is 14.8. The lowest BCUT2D eigenvalue weighted by atomic mass is 9.72. The van der Waals surface area contributed by atoms with E-state index in [0.717, 1.165) is 30.4 Å². The first kappa shape index (κ1) is 14.8. The van der Waals surface area contributed by atoms with Gasteiger partial charge >= 0.3 is 0 Å². The molecule has 0 fully saturated rings. The van der Waals surface area contributed by atoms with Crippen molar-refractivity contribution in [1.29, 1.82) is 0 Å². The largest absolute Gasteiger partial charge is 0.308 e. The number of hydrogen-bond acceptors (Lipinski definition) is 2. The summed E-state index contributed by atoms with van der Waals surface area (Å²) in [5.41, 5.74) is 4.26. The second kappa shape index (κ2) is 6.32. The minimum Gasteiger partial charge on any atom is -0.308 e. The number of rotatable bonds is 6. The summed E-state index contributed by atoms with van der Waals surface area (Å²) < 4.78 is 3.22. The van der Waals surface area contributed by atoms with E-state index in [1.54, 1.807) is 0 Å². The average Bonchev–Trinajstić information content (AvgIpc) is 2.85. The average molecular weight is 348 g/mol. The number of halogens is 1. The summed E-state index contributed by atoms with van der Waals surface area (Å²) in [6.45, 7) is 6.30. The van der Waals surface area contributed by atoms with Crippen LogP contribution in [0.2, 0.25) is 0 Å². The van der Waals surface area contributed by atoms with Crippen molar-refractivity contribution in [2.24, 2.45) is 0 Å². The van der Waals surface area contributed by atoms with E-state index >= 15 is 0 Å². The molecule has 21 heavy (non-hydrogen) atoms. The van der Waals surface area contributed by atoms with Crippen molar-refractivity contribution in [2.75, 3.05) is 6.54 Å². The second-order valence-corrected chi connectivity index (χ2v) is 6.49. The van der Waals surface area contributed by atoms with Crippen LogP contribution in [0.3, 0.4) is 0 Å². The van der Waals surface area contributed by atoms with Crippen LogP contribution < -0.4 is 5.32 Å². The summed E-state index contributed by atoms with van der Waals surface area (Å²) in [6.07, 6.45) is 4.21. The van der Waals surface area contributed by atoms with E-state index < -0.39 is 0 Å². The molecule has 0 bridgehead atoms. The standard InChI is InChI=1S/C17H22BrN3/c1-3-9-19-16(17-15(18)11-20-21(17)4-2)14-10-12-7-5-6-8-13(12)14/h5-8,11,14,16,19H,3-4,9-10H2,1-2H3. The van der Waals surface area contributed by atoms with Crippen LogP contribution in [0.25, 0.3) is 0 Å². The molecule has 0 amide bonds. The van der Waals surface area contributed by atoms with Gasteiger partial charge in [-0.1, -0.05) is 31.2 Å². The summed E-state index contributed by atoms with van der Waals surface area (Å²) in [6, 6.07) is 9.13. The lowest BCUT2D eigenvalue weighted by Gasteiger charge is -2.37. The van der Waals surface area contributed by atoms with E-state index in [9.17, 15) is 0 Å². The number of aromatic nitrogens is 2. The van der Waals surface area contributed by atoms with Crippen molar-refractivity contribution in [3.8, 4) is 0 Å². The van der Waals surface area contributed by atoms with Crippen LogP contribution in [0.5, 0.6) is 0 Å². The van der Waals surface area contributed by atoms with E-state index in [-0.39, 0.29) is 0 Å². The fraction of sp³-hybridized carbons (Fsp3) is 0.471. The zero-order valence-corrected chi connectivity index (χ0v) is 14.2. The normalized spacial score (nSPS) is 18.1. The van der Waals surface area contributed by atoms with Crippen LogP contribution in [0.4, 0.5) is 0 Å². The predicted octanol–water partition coefficient (Wildman–Crippen LogP) is 4.05. The number of aryl methyl sites for hydroxylation is 1. The summed E-state index contributed by atoms with van der Waals surface area (Å²) in [7, 11) is 0. The molecule has 0 aliphatic heterocycles. The molecule has 0 saturated heterocycles. The molecule has 3 nitrogen and oxygen atoms in total. The number of benzene rings is 1. The summed E-state index contributed by atoms with van der Waals surface area (Å²) in [5.74, 6) is 0.547. The molecule has 4 heteroatoms. The van der Waals surface area contributed by atoms with E-state index in [1.807, 2.05) is 6.20 Å². The van der Waals surface area contributed by atoms with Crippen LogP contribution in [0.1, 0.15) is 49.0 Å². The molecule has 1 aromatic heterocycles. The highest BCUT2D eigenvalue weighted by atomic mass is 79.9. The van der Waals surface area contributed by atoms with Gasteiger partial charge in [-0.2, -0.15) is 5.10 Å². The fourth-order valence-corrected chi connectivity index (χ4v) is 3.80. The van der Waals surface area contributed by atoms with Crippen LogP contribution in [0.15, 0.2) is 34.9 Å². The van der Waals surface area contributed by atoms with Gasteiger partial charge in [0.05, 0.1) is 22.4 Å². The van der Waals surface area contributed by atoms with Gasteiger partial charge in [0.2, 0.25) is 0 Å². The lowest BCUT2D eigenvalue weighted by molar-refractivity contribution is 0.384. The monoisotopic (exact) mass is 347 g/mol. The summed E-state index contributed by atoms with van der Waals surface area (Å²) >= 11 is 3.69. The topological polar surface area (TPSA) is 29.9 Å². The van der Waals surface area contributed by atoms with E-state index in [4.69, 9.17) is 0 Å². The molecule has 0 radical (unpaired) electrons. The van der Waals surface area contributed by atoms with Gasteiger partial charge in [0.15, 0.2) is 0 Å². The van der Waals surface area contributed by atoms with Gasteiger partial charge in [0.25, 0.3) is 0 Å². The van der Waals surface area contributed by atoms with E-state index in [1.165, 1.54) is 16.8 Å². The van der Waals surface area contributed by atoms with E-state index in [0.29, 0.717) is 12.0 Å². The van der Waals surface area contributed by atoms with Gasteiger partial charge in [-0.15, -0.1) is 0 Å². The zero-order valence-electron chi connectivity index (χ0n) is 12.6. The van der Waals surface area contributed by atoms with Crippen molar-refractivity contribution in [1.82, 2.24) is 15.1 Å². The maximum atomic E-state index is 4.49. The Morgan fingerprint density at radius 3 is 2.90 bits per heavy atom. The Labute approximate surface area is 134 Å². The Morgan fingerprint density at radius 2 is 2.19 bits per heavy atom. The molecule has 1 N–H and O–H groups in total. The molecule has 3 rings (SSSR count). The highest BCUT2D eigenvalue weighted by molar-refractivity contribution is 9.10. The first-order valence-electron chi connectivity index (χ1n) is 7.78. The molecule has 2 unspecified atom stereocenters. The number of hydrogen-bond donors (Lipinski definition) is 1. The van der Waals surface area contributed by atoms with Crippen molar-refractivity contribution < 1.29 is 0 Å². The first-order chi connectivity index (χ1) is 10.3. The summed E-state index contributed by atoms with van der Waals surface area (Å²) in [4.78, 5) is 0. The maximum Gasteiger partial charge on any atom is 0.0701 e. The van der Waals surface area contributed by atoms with Crippen LogP contribution in [-0.4, -0.2) is 16.3 Å². The third kappa shape index (κ3) is 2.67. The quantitative estimate of drug-likeness (QED) is 0.854. The molecule has 0 spiro atoms. The Kier molecular flexibility index (Phi) is 4.45. The van der Waals surface area contributed by atoms with Gasteiger partial charge in [0, 0.05) is 12.5 Å². The number of nitrogens with zero attached hydrogens (tertiary/aromatic N) is 2. The van der Waals surface area contributed by atoms with Crippen LogP contribution >= 0.6 is 15.9 Å². The molecular formula is C17H22BrN3. The molecule has 2 atom stereocenters. The molecule has 112 valence electrons. The third-order valence-corrected chi connectivity index (χ3v) is 4.95. The highest BCUT2D eigenvalue weighted by Crippen LogP contribution is 2.44. The Bertz CT molecular complexity index is 620. The van der Waals surface area contributed by atoms with Gasteiger partial charge in [0.1, 0.15) is 0 Å². The second-order valence-electron chi connectivity index (χ2n) is 5.63. The molecular weight excluding hydrogens is 326 g/mol. The van der Waals surface area contributed by atoms with Crippen molar-refractivity contribution >= 4 is 15.9 Å². The number of nitrogens with one attached hydrogen (secondary N) is 1. The maximum absolute atomic E-state index is 4.49. The van der Waals surface area contributed by atoms with Crippen LogP contribution in [0, 0.1) is 0 Å². The van der Waals surface area contributed by atoms with Crippen molar-refractivity contribution in [3.05, 3.63) is 51.8 Å². The lowest BCUT2D eigenvalue weighted by Crippen LogP contribution is -2.35. The smallest absolute Gasteiger partial charge is 0.0701 e. The highest BCUT2D eigenvalue weighted by Gasteiger charge is 2.35. The van der Waals surface area contributed by atoms with Gasteiger partial charge in [-0.05, 0) is 53.4 Å². The minimum absolute atomic E-state index is 0.330. The van der Waals surface area contributed by atoms with Gasteiger partial charge < -0.3 is 5.32 Å². The Hall–Kier alpha value is -1.13. The minimum atomic E-state index is 0.330. The number of fused-ring (bicyclic) bond motifs is 1. The third-order valence-electron chi connectivity index (χ3n) is 4.34. The summed E-state index contributed by atoms with van der Waals surface area (Å²) in [5, 5.41) is 8.23. The first-order valence-corrected chi connectivity index (χ1v) is 8.57. The molecule has 0 saturated carbocycles. The Morgan fingerprint density at radius 1 is 1.38 bits per heavy atom. The van der Waals surface area contributed by atoms with Crippen molar-refractivity contribution in [2.45, 2.75) is 45.2 Å². The predicted molar refractivity (Wildman–Crippen MR) is 89.5 cm³/mol. The Balaban J connectivity index is 1.94. The van der Waals surface area contributed by atoms with Crippen molar-refractivity contribution in [3.63, 3.8) is 0 Å². The fourth-order valence-electron chi connectivity index (χ4n) is 3.26. The van der Waals surface area contributed by atoms with Crippen LogP contribution in [-0.2, 0) is 13.0 Å². The molecule has 1 aromatic carbocycles.